The largest absolute Gasteiger partial charge is 0.481 e. The van der Waals surface area contributed by atoms with E-state index in [1.54, 1.807) is 25.3 Å². The summed E-state index contributed by atoms with van der Waals surface area (Å²) in [4.78, 5) is 16.0. The molecule has 1 heterocycles. The Morgan fingerprint density at radius 2 is 2.19 bits per heavy atom. The number of rotatable bonds is 4. The lowest BCUT2D eigenvalue weighted by molar-refractivity contribution is 0.0946. The number of amides is 1. The van der Waals surface area contributed by atoms with E-state index in [0.717, 1.165) is 5.56 Å². The smallest absolute Gasteiger partial charge is 0.254 e. The second-order valence-corrected chi connectivity index (χ2v) is 4.59. The molecule has 0 spiro atoms. The number of nitrogen functional groups attached to an aromatic ring is 1. The van der Waals surface area contributed by atoms with Crippen LogP contribution in [0.4, 0.5) is 10.1 Å². The molecule has 0 bridgehead atoms. The Bertz CT molecular complexity index is 674. The topological polar surface area (TPSA) is 77.2 Å². The Balaban J connectivity index is 2.11. The fourth-order valence-corrected chi connectivity index (χ4v) is 1.91. The number of pyridine rings is 1. The maximum Gasteiger partial charge on any atom is 0.254 e. The summed E-state index contributed by atoms with van der Waals surface area (Å²) in [5, 5.41) is 2.64. The molecule has 5 nitrogen and oxygen atoms in total. The van der Waals surface area contributed by atoms with Crippen LogP contribution in [0, 0.1) is 12.7 Å². The Labute approximate surface area is 121 Å². The zero-order valence-corrected chi connectivity index (χ0v) is 11.8. The molecule has 0 aliphatic carbocycles. The molecule has 1 aromatic heterocycles. The Hall–Kier alpha value is -2.63. The second-order valence-electron chi connectivity index (χ2n) is 4.59. The van der Waals surface area contributed by atoms with Gasteiger partial charge in [0.1, 0.15) is 5.82 Å². The molecule has 0 unspecified atom stereocenters. The molecule has 0 aliphatic heterocycles. The van der Waals surface area contributed by atoms with E-state index in [-0.39, 0.29) is 12.1 Å². The standard InChI is InChI=1S/C15H16FN3O2/c1-9-5-11(17)7-12(14(9)16)15(20)19-8-10-3-4-18-13(6-10)21-2/h3-7H,8,17H2,1-2H3,(H,19,20). The molecule has 0 radical (unpaired) electrons. The van der Waals surface area contributed by atoms with Crippen LogP contribution in [-0.4, -0.2) is 18.0 Å². The molecular formula is C15H16FN3O2. The Morgan fingerprint density at radius 1 is 1.43 bits per heavy atom. The molecule has 0 fully saturated rings. The van der Waals surface area contributed by atoms with Gasteiger partial charge in [0.05, 0.1) is 12.7 Å². The van der Waals surface area contributed by atoms with Gasteiger partial charge in [-0.1, -0.05) is 0 Å². The number of hydrogen-bond acceptors (Lipinski definition) is 4. The third kappa shape index (κ3) is 3.47. The van der Waals surface area contributed by atoms with Crippen molar-refractivity contribution < 1.29 is 13.9 Å². The first-order valence-corrected chi connectivity index (χ1v) is 6.34. The van der Waals surface area contributed by atoms with E-state index >= 15 is 0 Å². The lowest BCUT2D eigenvalue weighted by atomic mass is 10.1. The van der Waals surface area contributed by atoms with Crippen molar-refractivity contribution in [3.8, 4) is 5.88 Å². The van der Waals surface area contributed by atoms with Gasteiger partial charge in [-0.05, 0) is 36.2 Å². The lowest BCUT2D eigenvalue weighted by Crippen LogP contribution is -2.24. The van der Waals surface area contributed by atoms with Gasteiger partial charge in [-0.2, -0.15) is 0 Å². The van der Waals surface area contributed by atoms with E-state index < -0.39 is 11.7 Å². The first kappa shape index (κ1) is 14.8. The summed E-state index contributed by atoms with van der Waals surface area (Å²) in [5.74, 6) is -0.625. The zero-order valence-electron chi connectivity index (χ0n) is 11.8. The zero-order chi connectivity index (χ0) is 15.4. The van der Waals surface area contributed by atoms with Crippen molar-refractivity contribution in [3.05, 3.63) is 53.0 Å². The summed E-state index contributed by atoms with van der Waals surface area (Å²) in [6.07, 6.45) is 1.57. The van der Waals surface area contributed by atoms with Gasteiger partial charge in [-0.3, -0.25) is 4.79 Å². The number of anilines is 1. The molecule has 0 saturated heterocycles. The van der Waals surface area contributed by atoms with Crippen molar-refractivity contribution in [3.63, 3.8) is 0 Å². The molecule has 2 rings (SSSR count). The molecule has 0 aliphatic rings. The van der Waals surface area contributed by atoms with Crippen LogP contribution in [0.25, 0.3) is 0 Å². The monoisotopic (exact) mass is 289 g/mol. The average molecular weight is 289 g/mol. The number of carbonyl (C=O) groups excluding carboxylic acids is 1. The summed E-state index contributed by atoms with van der Waals surface area (Å²) >= 11 is 0. The normalized spacial score (nSPS) is 10.2. The van der Waals surface area contributed by atoms with Gasteiger partial charge in [0.25, 0.3) is 5.91 Å². The number of carbonyl (C=O) groups is 1. The van der Waals surface area contributed by atoms with Crippen molar-refractivity contribution in [1.29, 1.82) is 0 Å². The van der Waals surface area contributed by atoms with Gasteiger partial charge < -0.3 is 15.8 Å². The van der Waals surface area contributed by atoms with Crippen LogP contribution in [-0.2, 0) is 6.54 Å². The van der Waals surface area contributed by atoms with E-state index in [9.17, 15) is 9.18 Å². The fraction of sp³-hybridized carbons (Fsp3) is 0.200. The molecule has 6 heteroatoms. The number of ether oxygens (including phenoxy) is 1. The van der Waals surface area contributed by atoms with Gasteiger partial charge in [0.15, 0.2) is 0 Å². The SMILES string of the molecule is COc1cc(CNC(=O)c2cc(N)cc(C)c2F)ccn1. The summed E-state index contributed by atoms with van der Waals surface area (Å²) in [6, 6.07) is 6.25. The lowest BCUT2D eigenvalue weighted by Gasteiger charge is -2.09. The van der Waals surface area contributed by atoms with Crippen LogP contribution < -0.4 is 15.8 Å². The average Bonchev–Trinajstić information content (AvgIpc) is 2.48. The first-order valence-electron chi connectivity index (χ1n) is 6.34. The summed E-state index contributed by atoms with van der Waals surface area (Å²) in [5.41, 5.74) is 7.07. The number of halogens is 1. The van der Waals surface area contributed by atoms with Gasteiger partial charge in [-0.25, -0.2) is 9.37 Å². The van der Waals surface area contributed by atoms with Crippen LogP contribution in [0.1, 0.15) is 21.5 Å². The van der Waals surface area contributed by atoms with Gasteiger partial charge in [0.2, 0.25) is 5.88 Å². The highest BCUT2D eigenvalue weighted by Gasteiger charge is 2.14. The third-order valence-electron chi connectivity index (χ3n) is 2.98. The van der Waals surface area contributed by atoms with Crippen molar-refractivity contribution >= 4 is 11.6 Å². The minimum Gasteiger partial charge on any atom is -0.481 e. The number of hydrogen-bond donors (Lipinski definition) is 2. The number of nitrogens with one attached hydrogen (secondary N) is 1. The Kier molecular flexibility index (Phi) is 4.37. The van der Waals surface area contributed by atoms with Crippen LogP contribution in [0.2, 0.25) is 0 Å². The van der Waals surface area contributed by atoms with E-state index in [1.165, 1.54) is 19.2 Å². The molecule has 3 N–H and O–H groups in total. The Morgan fingerprint density at radius 3 is 2.90 bits per heavy atom. The van der Waals surface area contributed by atoms with E-state index in [2.05, 4.69) is 10.3 Å². The molecule has 0 atom stereocenters. The predicted octanol–water partition coefficient (Wildman–Crippen LogP) is 2.05. The quantitative estimate of drug-likeness (QED) is 0.844. The maximum atomic E-state index is 13.9. The first-order chi connectivity index (χ1) is 10.0. The molecule has 21 heavy (non-hydrogen) atoms. The minimum absolute atomic E-state index is 0.0616. The van der Waals surface area contributed by atoms with Crippen LogP contribution in [0.15, 0.2) is 30.5 Å². The van der Waals surface area contributed by atoms with Crippen molar-refractivity contribution in [2.24, 2.45) is 0 Å². The highest BCUT2D eigenvalue weighted by molar-refractivity contribution is 5.95. The third-order valence-corrected chi connectivity index (χ3v) is 2.98. The number of nitrogens with two attached hydrogens (primary N) is 1. The van der Waals surface area contributed by atoms with E-state index in [4.69, 9.17) is 10.5 Å². The van der Waals surface area contributed by atoms with Gasteiger partial charge in [-0.15, -0.1) is 0 Å². The number of aromatic nitrogens is 1. The van der Waals surface area contributed by atoms with Crippen molar-refractivity contribution in [2.45, 2.75) is 13.5 Å². The van der Waals surface area contributed by atoms with Crippen LogP contribution >= 0.6 is 0 Å². The molecular weight excluding hydrogens is 273 g/mol. The van der Waals surface area contributed by atoms with E-state index in [0.29, 0.717) is 17.1 Å². The highest BCUT2D eigenvalue weighted by atomic mass is 19.1. The molecule has 1 aromatic carbocycles. The summed E-state index contributed by atoms with van der Waals surface area (Å²) < 4.78 is 18.9. The summed E-state index contributed by atoms with van der Waals surface area (Å²) in [6.45, 7) is 1.81. The highest BCUT2D eigenvalue weighted by Crippen LogP contribution is 2.17. The van der Waals surface area contributed by atoms with Gasteiger partial charge in [0, 0.05) is 24.5 Å². The summed E-state index contributed by atoms with van der Waals surface area (Å²) in [7, 11) is 1.51. The number of aryl methyl sites for hydroxylation is 1. The second kappa shape index (κ2) is 6.21. The van der Waals surface area contributed by atoms with Crippen LogP contribution in [0.3, 0.4) is 0 Å². The number of methoxy groups -OCH3 is 1. The number of nitrogens with zero attached hydrogens (tertiary/aromatic N) is 1. The molecule has 0 saturated carbocycles. The van der Waals surface area contributed by atoms with Crippen LogP contribution in [0.5, 0.6) is 5.88 Å². The number of benzene rings is 1. The fourth-order valence-electron chi connectivity index (χ4n) is 1.91. The molecule has 110 valence electrons. The van der Waals surface area contributed by atoms with Crippen molar-refractivity contribution in [2.75, 3.05) is 12.8 Å². The maximum absolute atomic E-state index is 13.9. The minimum atomic E-state index is -0.561. The van der Waals surface area contributed by atoms with E-state index in [1.807, 2.05) is 0 Å². The van der Waals surface area contributed by atoms with Gasteiger partial charge >= 0.3 is 0 Å². The molecule has 2 aromatic rings. The predicted molar refractivity (Wildman–Crippen MR) is 77.5 cm³/mol. The molecule has 1 amide bonds. The van der Waals surface area contributed by atoms with Crippen molar-refractivity contribution in [1.82, 2.24) is 10.3 Å².